The van der Waals surface area contributed by atoms with Gasteiger partial charge in [-0.25, -0.2) is 9.97 Å². The van der Waals surface area contributed by atoms with E-state index in [0.29, 0.717) is 53.1 Å². The lowest BCUT2D eigenvalue weighted by Crippen LogP contribution is -2.32. The lowest BCUT2D eigenvalue weighted by molar-refractivity contribution is 0.488. The molecule has 0 aliphatic heterocycles. The van der Waals surface area contributed by atoms with Gasteiger partial charge < -0.3 is 19.5 Å². The fourth-order valence-corrected chi connectivity index (χ4v) is 5.25. The second kappa shape index (κ2) is 9.17. The number of rotatable bonds is 6. The lowest BCUT2D eigenvalue weighted by atomic mass is 10.1. The standard InChI is InChI=1S/C27H30N6O2/c28-26(30-18-5-1-2-6-18)16-9-11-20-22(13-16)34-24(32-20)15-25-33-21-12-10-17(14-23(21)35-25)27(29)31-19-7-3-4-8-19/h9-14,18-19H,1-8,15H2,(H2,28,30)(H2,29,31). The first kappa shape index (κ1) is 21.8. The molecule has 8 heteroatoms. The highest BCUT2D eigenvalue weighted by Gasteiger charge is 2.19. The van der Waals surface area contributed by atoms with Gasteiger partial charge in [0, 0.05) is 23.2 Å². The monoisotopic (exact) mass is 470 g/mol. The summed E-state index contributed by atoms with van der Waals surface area (Å²) in [5.41, 5.74) is 4.41. The Morgan fingerprint density at radius 3 is 1.57 bits per heavy atom. The summed E-state index contributed by atoms with van der Waals surface area (Å²) in [6.07, 6.45) is 9.76. The maximum Gasteiger partial charge on any atom is 0.204 e. The highest BCUT2D eigenvalue weighted by Crippen LogP contribution is 2.24. The zero-order valence-electron chi connectivity index (χ0n) is 19.7. The molecule has 0 unspecified atom stereocenters. The Bertz CT molecular complexity index is 1290. The summed E-state index contributed by atoms with van der Waals surface area (Å²) in [6, 6.07) is 12.1. The molecule has 2 fully saturated rings. The van der Waals surface area contributed by atoms with E-state index in [2.05, 4.69) is 20.6 Å². The minimum atomic E-state index is 0.337. The summed E-state index contributed by atoms with van der Waals surface area (Å²) in [7, 11) is 0. The van der Waals surface area contributed by atoms with E-state index in [-0.39, 0.29) is 0 Å². The Morgan fingerprint density at radius 1 is 0.714 bits per heavy atom. The van der Waals surface area contributed by atoms with E-state index < -0.39 is 0 Å². The molecule has 0 radical (unpaired) electrons. The Labute approximate surface area is 203 Å². The average molecular weight is 471 g/mol. The Morgan fingerprint density at radius 2 is 1.14 bits per heavy atom. The van der Waals surface area contributed by atoms with Crippen LogP contribution in [-0.2, 0) is 6.42 Å². The predicted octanol–water partition coefficient (Wildman–Crippen LogP) is 5.27. The molecule has 2 aliphatic rings. The van der Waals surface area contributed by atoms with E-state index in [9.17, 15) is 0 Å². The molecule has 0 amide bonds. The molecule has 0 bridgehead atoms. The van der Waals surface area contributed by atoms with Crippen LogP contribution >= 0.6 is 0 Å². The van der Waals surface area contributed by atoms with Crippen LogP contribution < -0.4 is 10.6 Å². The van der Waals surface area contributed by atoms with Crippen molar-refractivity contribution in [2.45, 2.75) is 69.9 Å². The highest BCUT2D eigenvalue weighted by molar-refractivity contribution is 5.99. The van der Waals surface area contributed by atoms with Gasteiger partial charge in [0.05, 0.1) is 0 Å². The van der Waals surface area contributed by atoms with Crippen molar-refractivity contribution in [1.29, 1.82) is 10.8 Å². The second-order valence-electron chi connectivity index (χ2n) is 9.76. The summed E-state index contributed by atoms with van der Waals surface area (Å²) < 4.78 is 12.0. The number of hydrogen-bond acceptors (Lipinski definition) is 6. The molecule has 4 aromatic rings. The zero-order chi connectivity index (χ0) is 23.8. The van der Waals surface area contributed by atoms with Gasteiger partial charge in [0.2, 0.25) is 11.8 Å². The van der Waals surface area contributed by atoms with Gasteiger partial charge in [-0.2, -0.15) is 0 Å². The van der Waals surface area contributed by atoms with Crippen LogP contribution in [0.25, 0.3) is 22.2 Å². The smallest absolute Gasteiger partial charge is 0.204 e. The van der Waals surface area contributed by atoms with Crippen molar-refractivity contribution in [1.82, 2.24) is 20.6 Å². The van der Waals surface area contributed by atoms with E-state index in [1.165, 1.54) is 25.7 Å². The number of aromatic nitrogens is 2. The van der Waals surface area contributed by atoms with E-state index in [1.807, 2.05) is 36.4 Å². The molecule has 6 rings (SSSR count). The first-order valence-electron chi connectivity index (χ1n) is 12.6. The molecule has 2 saturated carbocycles. The number of fused-ring (bicyclic) bond motifs is 2. The third-order valence-electron chi connectivity index (χ3n) is 7.15. The minimum absolute atomic E-state index is 0.337. The van der Waals surface area contributed by atoms with Gasteiger partial charge in [-0.05, 0) is 62.1 Å². The van der Waals surface area contributed by atoms with Gasteiger partial charge in [0.15, 0.2) is 11.2 Å². The van der Waals surface area contributed by atoms with Gasteiger partial charge in [-0.1, -0.05) is 25.7 Å². The average Bonchev–Trinajstić information content (AvgIpc) is 3.65. The molecule has 2 aromatic heterocycles. The number of nitrogens with zero attached hydrogens (tertiary/aromatic N) is 2. The SMILES string of the molecule is N=C(NC1CCCC1)c1ccc2nc(Cc3nc4ccc(C(=N)NC5CCCC5)cc4o3)oc2c1. The molecule has 0 saturated heterocycles. The molecular weight excluding hydrogens is 440 g/mol. The number of oxazole rings is 2. The quantitative estimate of drug-likeness (QED) is 0.225. The van der Waals surface area contributed by atoms with Crippen LogP contribution in [0.15, 0.2) is 45.2 Å². The van der Waals surface area contributed by atoms with Crippen LogP contribution in [0.1, 0.15) is 74.3 Å². The maximum absolute atomic E-state index is 8.41. The summed E-state index contributed by atoms with van der Waals surface area (Å²) in [5.74, 6) is 1.91. The molecule has 4 N–H and O–H groups in total. The lowest BCUT2D eigenvalue weighted by Gasteiger charge is -2.14. The Balaban J connectivity index is 1.16. The summed E-state index contributed by atoms with van der Waals surface area (Å²) in [5, 5.41) is 23.5. The number of hydrogen-bond donors (Lipinski definition) is 4. The van der Waals surface area contributed by atoms with Crippen LogP contribution in [0.4, 0.5) is 0 Å². The molecule has 2 heterocycles. The van der Waals surface area contributed by atoms with Crippen molar-refractivity contribution in [3.63, 3.8) is 0 Å². The fourth-order valence-electron chi connectivity index (χ4n) is 5.25. The van der Waals surface area contributed by atoms with Gasteiger partial charge in [-0.3, -0.25) is 10.8 Å². The van der Waals surface area contributed by atoms with E-state index in [4.69, 9.17) is 19.7 Å². The molecule has 2 aromatic carbocycles. The first-order valence-corrected chi connectivity index (χ1v) is 12.6. The van der Waals surface area contributed by atoms with Crippen LogP contribution in [0, 0.1) is 10.8 Å². The van der Waals surface area contributed by atoms with Crippen molar-refractivity contribution >= 4 is 33.9 Å². The number of nitrogens with one attached hydrogen (secondary N) is 4. The van der Waals surface area contributed by atoms with Crippen molar-refractivity contribution in [2.24, 2.45) is 0 Å². The largest absolute Gasteiger partial charge is 0.440 e. The third-order valence-corrected chi connectivity index (χ3v) is 7.15. The first-order chi connectivity index (χ1) is 17.1. The summed E-state index contributed by atoms with van der Waals surface area (Å²) in [4.78, 5) is 9.17. The Hall–Kier alpha value is -3.68. The molecule has 0 atom stereocenters. The Kier molecular flexibility index (Phi) is 5.72. The van der Waals surface area contributed by atoms with Crippen molar-refractivity contribution in [2.75, 3.05) is 0 Å². The van der Waals surface area contributed by atoms with Crippen molar-refractivity contribution in [3.8, 4) is 0 Å². The fraction of sp³-hybridized carbons (Fsp3) is 0.407. The molecule has 2 aliphatic carbocycles. The molecule has 35 heavy (non-hydrogen) atoms. The molecule has 180 valence electrons. The topological polar surface area (TPSA) is 124 Å². The van der Waals surface area contributed by atoms with Crippen molar-refractivity contribution in [3.05, 3.63) is 59.3 Å². The van der Waals surface area contributed by atoms with E-state index >= 15 is 0 Å². The van der Waals surface area contributed by atoms with Gasteiger partial charge in [0.1, 0.15) is 29.1 Å². The number of amidine groups is 2. The highest BCUT2D eigenvalue weighted by atomic mass is 16.4. The van der Waals surface area contributed by atoms with E-state index in [0.717, 1.165) is 47.8 Å². The normalized spacial score (nSPS) is 16.9. The predicted molar refractivity (Wildman–Crippen MR) is 135 cm³/mol. The van der Waals surface area contributed by atoms with Gasteiger partial charge in [-0.15, -0.1) is 0 Å². The van der Waals surface area contributed by atoms with Crippen LogP contribution in [-0.4, -0.2) is 33.7 Å². The van der Waals surface area contributed by atoms with Gasteiger partial charge in [0.25, 0.3) is 0 Å². The molecule has 8 nitrogen and oxygen atoms in total. The summed E-state index contributed by atoms with van der Waals surface area (Å²) in [6.45, 7) is 0. The third kappa shape index (κ3) is 4.65. The number of benzene rings is 2. The molecule has 0 spiro atoms. The van der Waals surface area contributed by atoms with Crippen molar-refractivity contribution < 1.29 is 8.83 Å². The van der Waals surface area contributed by atoms with Crippen LogP contribution in [0.5, 0.6) is 0 Å². The van der Waals surface area contributed by atoms with Gasteiger partial charge >= 0.3 is 0 Å². The van der Waals surface area contributed by atoms with Crippen LogP contribution in [0.3, 0.4) is 0 Å². The van der Waals surface area contributed by atoms with Crippen LogP contribution in [0.2, 0.25) is 0 Å². The second-order valence-corrected chi connectivity index (χ2v) is 9.76. The maximum atomic E-state index is 8.41. The molecular formula is C27H30N6O2. The zero-order valence-corrected chi connectivity index (χ0v) is 19.7. The minimum Gasteiger partial charge on any atom is -0.440 e. The van der Waals surface area contributed by atoms with E-state index in [1.54, 1.807) is 0 Å². The summed E-state index contributed by atoms with van der Waals surface area (Å²) >= 11 is 0.